The first-order valence-electron chi connectivity index (χ1n) is 9.37. The minimum absolute atomic E-state index is 0.0363. The molecule has 4 rings (SSSR count). The number of aliphatic hydroxyl groups excluding tert-OH is 1. The second kappa shape index (κ2) is 6.84. The lowest BCUT2D eigenvalue weighted by atomic mass is 9.51. The maximum atomic E-state index is 11.9. The summed E-state index contributed by atoms with van der Waals surface area (Å²) in [6.45, 7) is 4.35. The third-order valence-corrected chi connectivity index (χ3v) is 7.68. The van der Waals surface area contributed by atoms with Crippen molar-refractivity contribution in [3.05, 3.63) is 11.6 Å². The van der Waals surface area contributed by atoms with Gasteiger partial charge in [-0.25, -0.2) is 0 Å². The number of hydrogen-bond donors (Lipinski definition) is 1. The second-order valence-electron chi connectivity index (χ2n) is 8.35. The van der Waals surface area contributed by atoms with Gasteiger partial charge in [0.15, 0.2) is 6.10 Å². The monoisotopic (exact) mass is 434 g/mol. The third kappa shape index (κ3) is 2.53. The molecular weight excluding hydrogens is 411 g/mol. The highest BCUT2D eigenvalue weighted by molar-refractivity contribution is 6.26. The number of fused-ring (bicyclic) bond motifs is 2. The Kier molecular flexibility index (Phi) is 4.99. The predicted octanol–water partition coefficient (Wildman–Crippen LogP) is 1.56. The molecule has 2 aliphatic carbocycles. The van der Waals surface area contributed by atoms with Gasteiger partial charge in [-0.1, -0.05) is 18.6 Å². The number of halogens is 2. The van der Waals surface area contributed by atoms with Crippen LogP contribution < -0.4 is 0 Å². The van der Waals surface area contributed by atoms with Crippen LogP contribution in [0.3, 0.4) is 0 Å². The molecule has 4 aliphatic rings. The fraction of sp³-hybridized carbons (Fsp3) is 0.789. The van der Waals surface area contributed by atoms with Crippen LogP contribution in [0.25, 0.3) is 0 Å². The van der Waals surface area contributed by atoms with Crippen molar-refractivity contribution in [2.24, 2.45) is 10.8 Å². The summed E-state index contributed by atoms with van der Waals surface area (Å²) in [5.74, 6) is -1.73. The molecule has 0 aromatic rings. The molecule has 7 atom stereocenters. The third-order valence-electron chi connectivity index (χ3n) is 7.25. The molecule has 0 radical (unpaired) electrons. The molecule has 156 valence electrons. The number of esters is 2. The summed E-state index contributed by atoms with van der Waals surface area (Å²) in [6.07, 6.45) is 0.422. The Morgan fingerprint density at radius 3 is 2.61 bits per heavy atom. The Balaban J connectivity index is 1.78. The average molecular weight is 435 g/mol. The summed E-state index contributed by atoms with van der Waals surface area (Å²) in [7, 11) is 0. The van der Waals surface area contributed by atoms with Crippen molar-refractivity contribution in [3.63, 3.8) is 0 Å². The van der Waals surface area contributed by atoms with Gasteiger partial charge in [0.2, 0.25) is 0 Å². The zero-order valence-corrected chi connectivity index (χ0v) is 17.3. The Morgan fingerprint density at radius 1 is 1.32 bits per heavy atom. The van der Waals surface area contributed by atoms with Crippen LogP contribution in [0, 0.1) is 10.8 Å². The molecule has 1 N–H and O–H groups in total. The zero-order valence-electron chi connectivity index (χ0n) is 15.8. The first-order chi connectivity index (χ1) is 13.3. The first-order valence-corrected chi connectivity index (χ1v) is 10.4. The number of alkyl halides is 2. The van der Waals surface area contributed by atoms with Crippen molar-refractivity contribution in [3.8, 4) is 0 Å². The second-order valence-corrected chi connectivity index (χ2v) is 8.89. The number of carbonyl (C=O) groups is 2. The summed E-state index contributed by atoms with van der Waals surface area (Å²) in [6, 6.07) is 0. The molecule has 0 aromatic heterocycles. The van der Waals surface area contributed by atoms with E-state index >= 15 is 0 Å². The maximum Gasteiger partial charge on any atom is 0.321 e. The van der Waals surface area contributed by atoms with E-state index in [4.69, 9.17) is 42.1 Å². The van der Waals surface area contributed by atoms with Crippen LogP contribution in [0.1, 0.15) is 26.7 Å². The topological polar surface area (TPSA) is 94.6 Å². The number of aliphatic hydroxyl groups is 1. The van der Waals surface area contributed by atoms with Crippen LogP contribution in [-0.2, 0) is 28.5 Å². The molecule has 28 heavy (non-hydrogen) atoms. The lowest BCUT2D eigenvalue weighted by Gasteiger charge is -2.57. The number of allylic oxidation sites excluding steroid dienone is 1. The summed E-state index contributed by atoms with van der Waals surface area (Å²) in [5.41, 5.74) is -1.23. The highest BCUT2D eigenvalue weighted by Gasteiger charge is 2.85. The van der Waals surface area contributed by atoms with Crippen LogP contribution in [0.15, 0.2) is 11.6 Å². The fourth-order valence-corrected chi connectivity index (χ4v) is 5.70. The number of rotatable bonds is 5. The summed E-state index contributed by atoms with van der Waals surface area (Å²) in [5, 5.41) is 11.4. The minimum atomic E-state index is -1.06. The molecule has 0 aromatic carbocycles. The van der Waals surface area contributed by atoms with Gasteiger partial charge < -0.3 is 24.1 Å². The molecule has 1 spiro atoms. The summed E-state index contributed by atoms with van der Waals surface area (Å²) in [4.78, 5) is 23.7. The normalized spacial score (nSPS) is 46.0. The summed E-state index contributed by atoms with van der Waals surface area (Å²) < 4.78 is 23.2. The van der Waals surface area contributed by atoms with E-state index in [9.17, 15) is 14.7 Å². The van der Waals surface area contributed by atoms with Crippen molar-refractivity contribution in [2.45, 2.75) is 56.7 Å². The predicted molar refractivity (Wildman–Crippen MR) is 99.2 cm³/mol. The van der Waals surface area contributed by atoms with Gasteiger partial charge in [0.05, 0.1) is 12.7 Å². The quantitative estimate of drug-likeness (QED) is 0.303. The van der Waals surface area contributed by atoms with Crippen molar-refractivity contribution in [1.82, 2.24) is 0 Å². The molecule has 2 heterocycles. The lowest BCUT2D eigenvalue weighted by molar-refractivity contribution is -0.231. The first kappa shape index (κ1) is 20.4. The van der Waals surface area contributed by atoms with Gasteiger partial charge in [-0.2, -0.15) is 0 Å². The molecule has 1 unspecified atom stereocenters. The standard InChI is InChI=1S/C19H24Cl2O7/c1-10-3-4-18(8-25-12(22)6-20)11(5-10)27-16-14(28-13(23)7-21)15(24)17(18,2)19(16)9-26-19/h5,11,14-16,24H,3-4,6-9H2,1-2H3/t11-,14+,15-,16-,17-,18?,19-/m0/s1. The van der Waals surface area contributed by atoms with E-state index in [0.29, 0.717) is 13.0 Å². The van der Waals surface area contributed by atoms with E-state index in [-0.39, 0.29) is 18.4 Å². The SMILES string of the molecule is CC1=C[C@@H]2O[C@H]3[C@H](OC(=O)CCl)[C@H](O)[C@@](C)(C2(COC(=O)CCl)CC1)[C@]31CO1. The smallest absolute Gasteiger partial charge is 0.321 e. The van der Waals surface area contributed by atoms with E-state index < -0.39 is 52.8 Å². The number of hydrogen-bond acceptors (Lipinski definition) is 7. The van der Waals surface area contributed by atoms with Crippen LogP contribution in [0.5, 0.6) is 0 Å². The maximum absolute atomic E-state index is 11.9. The van der Waals surface area contributed by atoms with Gasteiger partial charge in [0, 0.05) is 10.8 Å². The van der Waals surface area contributed by atoms with Crippen molar-refractivity contribution in [2.75, 3.05) is 25.0 Å². The molecule has 2 bridgehead atoms. The Morgan fingerprint density at radius 2 is 2.00 bits per heavy atom. The Bertz CT molecular complexity index is 721. The molecule has 9 heteroatoms. The van der Waals surface area contributed by atoms with E-state index in [0.717, 1.165) is 12.0 Å². The van der Waals surface area contributed by atoms with Crippen LogP contribution >= 0.6 is 23.2 Å². The molecule has 1 saturated carbocycles. The Labute approximate surface area is 173 Å². The van der Waals surface area contributed by atoms with Crippen molar-refractivity contribution >= 4 is 35.1 Å². The van der Waals surface area contributed by atoms with E-state index in [1.807, 2.05) is 19.9 Å². The zero-order chi connectivity index (χ0) is 20.3. The molecule has 3 fully saturated rings. The molecule has 0 amide bonds. The van der Waals surface area contributed by atoms with E-state index in [1.54, 1.807) is 0 Å². The van der Waals surface area contributed by atoms with Gasteiger partial charge in [-0.3, -0.25) is 9.59 Å². The highest BCUT2D eigenvalue weighted by atomic mass is 35.5. The lowest BCUT2D eigenvalue weighted by Crippen LogP contribution is -2.66. The molecule has 2 aliphatic heterocycles. The van der Waals surface area contributed by atoms with Crippen LogP contribution in [0.4, 0.5) is 0 Å². The van der Waals surface area contributed by atoms with E-state index in [1.165, 1.54) is 0 Å². The number of carbonyl (C=O) groups excluding carboxylic acids is 2. The van der Waals surface area contributed by atoms with Gasteiger partial charge in [-0.15, -0.1) is 23.2 Å². The van der Waals surface area contributed by atoms with Gasteiger partial charge >= 0.3 is 11.9 Å². The van der Waals surface area contributed by atoms with Crippen molar-refractivity contribution < 1.29 is 33.6 Å². The van der Waals surface area contributed by atoms with Crippen LogP contribution in [0.2, 0.25) is 0 Å². The molecule has 7 nitrogen and oxygen atoms in total. The number of ether oxygens (including phenoxy) is 4. The van der Waals surface area contributed by atoms with Crippen LogP contribution in [-0.4, -0.2) is 72.0 Å². The summed E-state index contributed by atoms with van der Waals surface area (Å²) >= 11 is 11.2. The van der Waals surface area contributed by atoms with Gasteiger partial charge in [0.25, 0.3) is 0 Å². The average Bonchev–Trinajstić information content (AvgIpc) is 3.47. The minimum Gasteiger partial charge on any atom is -0.464 e. The highest BCUT2D eigenvalue weighted by Crippen LogP contribution is 2.71. The molecule has 2 saturated heterocycles. The van der Waals surface area contributed by atoms with E-state index in [2.05, 4.69) is 0 Å². The van der Waals surface area contributed by atoms with Gasteiger partial charge in [0.1, 0.15) is 36.2 Å². The largest absolute Gasteiger partial charge is 0.464 e. The Hall–Kier alpha value is -0.860. The number of epoxide rings is 1. The van der Waals surface area contributed by atoms with Gasteiger partial charge in [-0.05, 0) is 19.8 Å². The molecular formula is C19H24Cl2O7. The van der Waals surface area contributed by atoms with Crippen molar-refractivity contribution in [1.29, 1.82) is 0 Å². The fourth-order valence-electron chi connectivity index (χ4n) is 5.56.